The number of nitrogens with one attached hydrogen (secondary N) is 1. The van der Waals surface area contributed by atoms with E-state index >= 15 is 0 Å². The number of esters is 1. The molecule has 0 radical (unpaired) electrons. The van der Waals surface area contributed by atoms with Crippen molar-refractivity contribution >= 4 is 5.97 Å². The third-order valence-corrected chi connectivity index (χ3v) is 3.88. The number of carbonyl (C=O) groups excluding carboxylic acids is 1. The smallest absolute Gasteiger partial charge is 0.311 e. The molecule has 3 atom stereocenters. The van der Waals surface area contributed by atoms with Gasteiger partial charge in [-0.2, -0.15) is 0 Å². The molecule has 0 aliphatic carbocycles. The molecule has 3 unspecified atom stereocenters. The second-order valence-corrected chi connectivity index (χ2v) is 4.76. The molecule has 0 spiro atoms. The van der Waals surface area contributed by atoms with Gasteiger partial charge in [-0.05, 0) is 32.7 Å². The van der Waals surface area contributed by atoms with E-state index in [0.717, 1.165) is 19.5 Å². The van der Waals surface area contributed by atoms with Crippen molar-refractivity contribution in [2.45, 2.75) is 45.6 Å². The van der Waals surface area contributed by atoms with Gasteiger partial charge in [0, 0.05) is 12.5 Å². The van der Waals surface area contributed by atoms with E-state index < -0.39 is 11.5 Å². The molecule has 1 saturated heterocycles. The molecule has 1 aliphatic rings. The summed E-state index contributed by atoms with van der Waals surface area (Å²) in [5, 5.41) is 14.1. The molecule has 0 amide bonds. The SMILES string of the molecule is CCOC(=O)C(CC)C1(O)CCNCC1CC. The van der Waals surface area contributed by atoms with Crippen LogP contribution in [0.1, 0.15) is 40.0 Å². The zero-order valence-electron chi connectivity index (χ0n) is 11.2. The maximum absolute atomic E-state index is 11.9. The number of ether oxygens (including phenoxy) is 1. The number of carbonyl (C=O) groups is 1. The second-order valence-electron chi connectivity index (χ2n) is 4.76. The van der Waals surface area contributed by atoms with Gasteiger partial charge in [-0.3, -0.25) is 4.79 Å². The molecule has 2 N–H and O–H groups in total. The van der Waals surface area contributed by atoms with Gasteiger partial charge in [0.25, 0.3) is 0 Å². The summed E-state index contributed by atoms with van der Waals surface area (Å²) in [5.41, 5.74) is -0.902. The number of hydrogen-bond donors (Lipinski definition) is 2. The Morgan fingerprint density at radius 2 is 2.24 bits per heavy atom. The molecular weight excluding hydrogens is 218 g/mol. The summed E-state index contributed by atoms with van der Waals surface area (Å²) in [6, 6.07) is 0. The van der Waals surface area contributed by atoms with Crippen molar-refractivity contribution in [1.29, 1.82) is 0 Å². The summed E-state index contributed by atoms with van der Waals surface area (Å²) in [7, 11) is 0. The molecule has 17 heavy (non-hydrogen) atoms. The Kier molecular flexibility index (Phi) is 5.40. The minimum atomic E-state index is -0.902. The standard InChI is InChI=1S/C13H25NO3/c1-4-10-9-14-8-7-13(10,16)11(5-2)12(15)17-6-3/h10-11,14,16H,4-9H2,1-3H3. The Hall–Kier alpha value is -0.610. The lowest BCUT2D eigenvalue weighted by Gasteiger charge is -2.44. The summed E-state index contributed by atoms with van der Waals surface area (Å²) < 4.78 is 5.09. The summed E-state index contributed by atoms with van der Waals surface area (Å²) in [5.74, 6) is -0.516. The fourth-order valence-corrected chi connectivity index (χ4v) is 2.87. The van der Waals surface area contributed by atoms with Crippen LogP contribution in [0.15, 0.2) is 0 Å². The van der Waals surface area contributed by atoms with Gasteiger partial charge in [0.1, 0.15) is 0 Å². The monoisotopic (exact) mass is 243 g/mol. The van der Waals surface area contributed by atoms with Gasteiger partial charge in [0.2, 0.25) is 0 Å². The normalized spacial score (nSPS) is 30.9. The molecule has 1 fully saturated rings. The summed E-state index contributed by atoms with van der Waals surface area (Å²) >= 11 is 0. The van der Waals surface area contributed by atoms with Crippen LogP contribution >= 0.6 is 0 Å². The number of aliphatic hydroxyl groups is 1. The fraction of sp³-hybridized carbons (Fsp3) is 0.923. The van der Waals surface area contributed by atoms with Crippen LogP contribution < -0.4 is 5.32 Å². The number of rotatable bonds is 5. The van der Waals surface area contributed by atoms with E-state index in [1.165, 1.54) is 0 Å². The van der Waals surface area contributed by atoms with E-state index in [0.29, 0.717) is 19.4 Å². The molecule has 0 saturated carbocycles. The molecule has 0 bridgehead atoms. The zero-order chi connectivity index (χ0) is 12.9. The Morgan fingerprint density at radius 1 is 1.53 bits per heavy atom. The first kappa shape index (κ1) is 14.5. The van der Waals surface area contributed by atoms with Crippen molar-refractivity contribution in [2.75, 3.05) is 19.7 Å². The van der Waals surface area contributed by atoms with Crippen molar-refractivity contribution < 1.29 is 14.6 Å². The van der Waals surface area contributed by atoms with Crippen LogP contribution in [0.5, 0.6) is 0 Å². The predicted molar refractivity (Wildman–Crippen MR) is 66.6 cm³/mol. The first-order valence-corrected chi connectivity index (χ1v) is 6.69. The summed E-state index contributed by atoms with van der Waals surface area (Å²) in [4.78, 5) is 11.9. The quantitative estimate of drug-likeness (QED) is 0.715. The van der Waals surface area contributed by atoms with Crippen LogP contribution in [0.3, 0.4) is 0 Å². The van der Waals surface area contributed by atoms with Crippen LogP contribution in [-0.4, -0.2) is 36.4 Å². The Labute approximate surface area is 104 Å². The number of hydrogen-bond acceptors (Lipinski definition) is 4. The van der Waals surface area contributed by atoms with Gasteiger partial charge < -0.3 is 15.2 Å². The maximum atomic E-state index is 11.9. The molecule has 0 aromatic rings. The molecule has 1 aliphatic heterocycles. The lowest BCUT2D eigenvalue weighted by atomic mass is 9.70. The molecule has 0 aromatic heterocycles. The van der Waals surface area contributed by atoms with Crippen LogP contribution in [-0.2, 0) is 9.53 Å². The topological polar surface area (TPSA) is 58.6 Å². The molecule has 100 valence electrons. The second kappa shape index (κ2) is 6.36. The molecular formula is C13H25NO3. The van der Waals surface area contributed by atoms with Gasteiger partial charge in [-0.1, -0.05) is 13.8 Å². The van der Waals surface area contributed by atoms with Gasteiger partial charge in [-0.15, -0.1) is 0 Å². The largest absolute Gasteiger partial charge is 0.466 e. The first-order chi connectivity index (χ1) is 8.10. The van der Waals surface area contributed by atoms with Gasteiger partial charge in [0.15, 0.2) is 0 Å². The molecule has 1 rings (SSSR count). The van der Waals surface area contributed by atoms with E-state index in [9.17, 15) is 9.90 Å². The Morgan fingerprint density at radius 3 is 2.76 bits per heavy atom. The molecule has 4 nitrogen and oxygen atoms in total. The Bertz CT molecular complexity index is 257. The molecule has 0 aromatic carbocycles. The minimum absolute atomic E-state index is 0.130. The van der Waals surface area contributed by atoms with E-state index in [-0.39, 0.29) is 11.9 Å². The van der Waals surface area contributed by atoms with Gasteiger partial charge in [0.05, 0.1) is 18.1 Å². The highest BCUT2D eigenvalue weighted by Crippen LogP contribution is 2.36. The highest BCUT2D eigenvalue weighted by Gasteiger charge is 2.47. The van der Waals surface area contributed by atoms with E-state index in [4.69, 9.17) is 4.74 Å². The highest BCUT2D eigenvalue weighted by molar-refractivity contribution is 5.74. The maximum Gasteiger partial charge on any atom is 0.311 e. The van der Waals surface area contributed by atoms with Gasteiger partial charge >= 0.3 is 5.97 Å². The highest BCUT2D eigenvalue weighted by atomic mass is 16.5. The third-order valence-electron chi connectivity index (χ3n) is 3.88. The fourth-order valence-electron chi connectivity index (χ4n) is 2.87. The van der Waals surface area contributed by atoms with Crippen molar-refractivity contribution in [3.8, 4) is 0 Å². The Balaban J connectivity index is 2.85. The van der Waals surface area contributed by atoms with Crippen LogP contribution in [0.25, 0.3) is 0 Å². The molecule has 1 heterocycles. The van der Waals surface area contributed by atoms with Crippen LogP contribution in [0.2, 0.25) is 0 Å². The van der Waals surface area contributed by atoms with E-state index in [1.54, 1.807) is 6.92 Å². The first-order valence-electron chi connectivity index (χ1n) is 6.69. The summed E-state index contributed by atoms with van der Waals surface area (Å²) in [6.45, 7) is 7.72. The van der Waals surface area contributed by atoms with Crippen molar-refractivity contribution in [3.63, 3.8) is 0 Å². The van der Waals surface area contributed by atoms with Crippen LogP contribution in [0, 0.1) is 11.8 Å². The summed E-state index contributed by atoms with van der Waals surface area (Å²) in [6.07, 6.45) is 2.13. The number of piperidine rings is 1. The van der Waals surface area contributed by atoms with Gasteiger partial charge in [-0.25, -0.2) is 0 Å². The average molecular weight is 243 g/mol. The minimum Gasteiger partial charge on any atom is -0.466 e. The predicted octanol–water partition coefficient (Wildman–Crippen LogP) is 1.33. The van der Waals surface area contributed by atoms with Crippen molar-refractivity contribution in [1.82, 2.24) is 5.32 Å². The third kappa shape index (κ3) is 2.99. The van der Waals surface area contributed by atoms with Crippen molar-refractivity contribution in [2.24, 2.45) is 11.8 Å². The van der Waals surface area contributed by atoms with Crippen molar-refractivity contribution in [3.05, 3.63) is 0 Å². The average Bonchev–Trinajstić information content (AvgIpc) is 2.30. The molecule has 4 heteroatoms. The zero-order valence-corrected chi connectivity index (χ0v) is 11.2. The van der Waals surface area contributed by atoms with E-state index in [2.05, 4.69) is 12.2 Å². The lowest BCUT2D eigenvalue weighted by Crippen LogP contribution is -2.56. The van der Waals surface area contributed by atoms with E-state index in [1.807, 2.05) is 6.92 Å². The van der Waals surface area contributed by atoms with Crippen LogP contribution in [0.4, 0.5) is 0 Å². The lowest BCUT2D eigenvalue weighted by molar-refractivity contribution is -0.166.